The molecule has 138 valence electrons. The first-order valence-corrected chi connectivity index (χ1v) is 9.60. The van der Waals surface area contributed by atoms with Gasteiger partial charge in [-0.1, -0.05) is 29.8 Å². The van der Waals surface area contributed by atoms with Crippen LogP contribution in [0.2, 0.25) is 0 Å². The van der Waals surface area contributed by atoms with Crippen LogP contribution in [-0.4, -0.2) is 12.0 Å². The van der Waals surface area contributed by atoms with E-state index < -0.39 is 6.10 Å². The number of aryl methyl sites for hydroxylation is 4. The fraction of sp³-hybridized carbons (Fsp3) is 0.435. The summed E-state index contributed by atoms with van der Waals surface area (Å²) in [5.41, 5.74) is 6.36. The predicted octanol–water partition coefficient (Wildman–Crippen LogP) is 4.83. The Bertz CT molecular complexity index is 797. The van der Waals surface area contributed by atoms with Crippen LogP contribution in [0.25, 0.3) is 0 Å². The number of rotatable bonds is 5. The molecular formula is C23H29NO2. The standard InChI is InChI=1S/C23H29NO2/c1-15-9-12-22(16(2)13-15)17(3)24-23(25)18(4)26-21-11-10-19-7-5-6-8-20(19)14-21/h9-14,17-18H,5-8H2,1-4H3,(H,24,25)/t17-,18-/m0/s1. The van der Waals surface area contributed by atoms with Gasteiger partial charge in [0.05, 0.1) is 6.04 Å². The summed E-state index contributed by atoms with van der Waals surface area (Å²) in [4.78, 5) is 12.6. The van der Waals surface area contributed by atoms with Gasteiger partial charge in [-0.15, -0.1) is 0 Å². The molecule has 3 rings (SSSR count). The average molecular weight is 351 g/mol. The van der Waals surface area contributed by atoms with Crippen LogP contribution in [0.1, 0.15) is 60.5 Å². The Balaban J connectivity index is 1.62. The molecule has 0 spiro atoms. The molecule has 2 atom stereocenters. The molecule has 2 aromatic carbocycles. The van der Waals surface area contributed by atoms with Crippen molar-refractivity contribution in [1.29, 1.82) is 0 Å². The van der Waals surface area contributed by atoms with Crippen LogP contribution in [0.15, 0.2) is 36.4 Å². The van der Waals surface area contributed by atoms with Gasteiger partial charge in [0.15, 0.2) is 6.10 Å². The summed E-state index contributed by atoms with van der Waals surface area (Å²) in [5.74, 6) is 0.697. The number of carbonyl (C=O) groups is 1. The normalized spacial score (nSPS) is 15.7. The van der Waals surface area contributed by atoms with Gasteiger partial charge in [0.2, 0.25) is 0 Å². The second-order valence-corrected chi connectivity index (χ2v) is 7.49. The van der Waals surface area contributed by atoms with Crippen molar-refractivity contribution in [3.63, 3.8) is 0 Å². The summed E-state index contributed by atoms with van der Waals surface area (Å²) < 4.78 is 5.92. The Hall–Kier alpha value is -2.29. The molecule has 2 aromatic rings. The van der Waals surface area contributed by atoms with E-state index >= 15 is 0 Å². The zero-order valence-corrected chi connectivity index (χ0v) is 16.3. The Labute approximate surface area is 156 Å². The molecule has 3 nitrogen and oxygen atoms in total. The topological polar surface area (TPSA) is 38.3 Å². The van der Waals surface area contributed by atoms with E-state index in [2.05, 4.69) is 49.5 Å². The number of hydrogen-bond donors (Lipinski definition) is 1. The molecule has 0 heterocycles. The molecule has 0 bridgehead atoms. The van der Waals surface area contributed by atoms with Crippen LogP contribution >= 0.6 is 0 Å². The highest BCUT2D eigenvalue weighted by Gasteiger charge is 2.19. The highest BCUT2D eigenvalue weighted by atomic mass is 16.5. The molecule has 0 saturated heterocycles. The molecule has 1 aliphatic carbocycles. The quantitative estimate of drug-likeness (QED) is 0.838. The minimum Gasteiger partial charge on any atom is -0.481 e. The lowest BCUT2D eigenvalue weighted by atomic mass is 9.92. The second-order valence-electron chi connectivity index (χ2n) is 7.49. The van der Waals surface area contributed by atoms with Crippen LogP contribution in [-0.2, 0) is 17.6 Å². The minimum absolute atomic E-state index is 0.0438. The zero-order chi connectivity index (χ0) is 18.7. The third-order valence-electron chi connectivity index (χ3n) is 5.25. The lowest BCUT2D eigenvalue weighted by molar-refractivity contribution is -0.127. The maximum absolute atomic E-state index is 12.6. The van der Waals surface area contributed by atoms with E-state index in [9.17, 15) is 4.79 Å². The van der Waals surface area contributed by atoms with E-state index in [-0.39, 0.29) is 11.9 Å². The summed E-state index contributed by atoms with van der Waals surface area (Å²) in [6.07, 6.45) is 4.24. The molecule has 0 aliphatic heterocycles. The van der Waals surface area contributed by atoms with Gasteiger partial charge in [0, 0.05) is 0 Å². The first kappa shape index (κ1) is 18.5. The Morgan fingerprint density at radius 1 is 1.00 bits per heavy atom. The third-order valence-corrected chi connectivity index (χ3v) is 5.25. The van der Waals surface area contributed by atoms with Crippen molar-refractivity contribution in [2.24, 2.45) is 0 Å². The van der Waals surface area contributed by atoms with Crippen molar-refractivity contribution in [3.8, 4) is 5.75 Å². The van der Waals surface area contributed by atoms with Gasteiger partial charge < -0.3 is 10.1 Å². The molecule has 0 radical (unpaired) electrons. The second kappa shape index (κ2) is 7.94. The van der Waals surface area contributed by atoms with E-state index in [1.165, 1.54) is 35.1 Å². The number of amides is 1. The van der Waals surface area contributed by atoms with Gasteiger partial charge in [-0.3, -0.25) is 4.79 Å². The van der Waals surface area contributed by atoms with Gasteiger partial charge in [0.1, 0.15) is 5.75 Å². The van der Waals surface area contributed by atoms with Crippen LogP contribution in [0.4, 0.5) is 0 Å². The van der Waals surface area contributed by atoms with Crippen molar-refractivity contribution in [3.05, 3.63) is 64.2 Å². The van der Waals surface area contributed by atoms with Crippen molar-refractivity contribution < 1.29 is 9.53 Å². The van der Waals surface area contributed by atoms with Gasteiger partial charge >= 0.3 is 0 Å². The molecule has 0 fully saturated rings. The zero-order valence-electron chi connectivity index (χ0n) is 16.3. The molecule has 1 aliphatic rings. The van der Waals surface area contributed by atoms with E-state index in [4.69, 9.17) is 4.74 Å². The van der Waals surface area contributed by atoms with Gasteiger partial charge in [-0.25, -0.2) is 0 Å². The Morgan fingerprint density at radius 2 is 1.73 bits per heavy atom. The van der Waals surface area contributed by atoms with Crippen LogP contribution in [0, 0.1) is 13.8 Å². The Morgan fingerprint density at radius 3 is 2.46 bits per heavy atom. The number of nitrogens with one attached hydrogen (secondary N) is 1. The van der Waals surface area contributed by atoms with Crippen molar-refractivity contribution in [2.45, 2.75) is 65.5 Å². The highest BCUT2D eigenvalue weighted by Crippen LogP contribution is 2.26. The Kier molecular flexibility index (Phi) is 5.65. The third kappa shape index (κ3) is 4.27. The van der Waals surface area contributed by atoms with Crippen LogP contribution < -0.4 is 10.1 Å². The van der Waals surface area contributed by atoms with Crippen LogP contribution in [0.3, 0.4) is 0 Å². The van der Waals surface area contributed by atoms with Gasteiger partial charge in [-0.2, -0.15) is 0 Å². The smallest absolute Gasteiger partial charge is 0.261 e. The first-order valence-electron chi connectivity index (χ1n) is 9.60. The summed E-state index contributed by atoms with van der Waals surface area (Å²) in [7, 11) is 0. The highest BCUT2D eigenvalue weighted by molar-refractivity contribution is 5.81. The first-order chi connectivity index (χ1) is 12.4. The fourth-order valence-electron chi connectivity index (χ4n) is 3.76. The average Bonchev–Trinajstić information content (AvgIpc) is 2.61. The van der Waals surface area contributed by atoms with E-state index in [0.29, 0.717) is 0 Å². The lowest BCUT2D eigenvalue weighted by Crippen LogP contribution is -2.38. The number of hydrogen-bond acceptors (Lipinski definition) is 2. The maximum atomic E-state index is 12.6. The summed E-state index contributed by atoms with van der Waals surface area (Å²) in [6, 6.07) is 12.5. The molecule has 0 unspecified atom stereocenters. The molecular weight excluding hydrogens is 322 g/mol. The van der Waals surface area contributed by atoms with Crippen molar-refractivity contribution in [1.82, 2.24) is 5.32 Å². The molecule has 26 heavy (non-hydrogen) atoms. The number of fused-ring (bicyclic) bond motifs is 1. The van der Waals surface area contributed by atoms with E-state index in [1.807, 2.05) is 19.9 Å². The van der Waals surface area contributed by atoms with Gasteiger partial charge in [-0.05, 0) is 87.8 Å². The minimum atomic E-state index is -0.523. The lowest BCUT2D eigenvalue weighted by Gasteiger charge is -2.22. The molecule has 0 saturated carbocycles. The monoisotopic (exact) mass is 351 g/mol. The van der Waals surface area contributed by atoms with Gasteiger partial charge in [0.25, 0.3) is 5.91 Å². The summed E-state index contributed by atoms with van der Waals surface area (Å²) in [5, 5.41) is 3.07. The summed E-state index contributed by atoms with van der Waals surface area (Å²) in [6.45, 7) is 7.98. The largest absolute Gasteiger partial charge is 0.481 e. The maximum Gasteiger partial charge on any atom is 0.261 e. The number of carbonyl (C=O) groups excluding carboxylic acids is 1. The van der Waals surface area contributed by atoms with E-state index in [0.717, 1.165) is 24.2 Å². The molecule has 0 aromatic heterocycles. The van der Waals surface area contributed by atoms with Crippen molar-refractivity contribution in [2.75, 3.05) is 0 Å². The molecule has 3 heteroatoms. The number of ether oxygens (including phenoxy) is 1. The van der Waals surface area contributed by atoms with Crippen molar-refractivity contribution >= 4 is 5.91 Å². The SMILES string of the molecule is Cc1ccc([C@H](C)NC(=O)[C@H](C)Oc2ccc3c(c2)CCCC3)c(C)c1. The summed E-state index contributed by atoms with van der Waals surface area (Å²) >= 11 is 0. The van der Waals surface area contributed by atoms with Crippen LogP contribution in [0.5, 0.6) is 5.75 Å². The predicted molar refractivity (Wildman–Crippen MR) is 106 cm³/mol. The molecule has 1 amide bonds. The number of benzene rings is 2. The fourth-order valence-corrected chi connectivity index (χ4v) is 3.76. The van der Waals surface area contributed by atoms with E-state index in [1.54, 1.807) is 0 Å². The molecule has 1 N–H and O–H groups in total.